The number of carboxylic acids is 1. The van der Waals surface area contributed by atoms with Gasteiger partial charge in [-0.1, -0.05) is 6.07 Å². The van der Waals surface area contributed by atoms with Crippen molar-refractivity contribution in [2.45, 2.75) is 58.9 Å². The van der Waals surface area contributed by atoms with E-state index in [0.29, 0.717) is 36.4 Å². The van der Waals surface area contributed by atoms with Gasteiger partial charge in [0, 0.05) is 36.6 Å². The van der Waals surface area contributed by atoms with Gasteiger partial charge in [-0.05, 0) is 51.3 Å². The first-order valence-electron chi connectivity index (χ1n) is 11.5. The average Bonchev–Trinajstić information content (AvgIpc) is 3.18. The maximum atomic E-state index is 12.8. The lowest BCUT2D eigenvalue weighted by Gasteiger charge is -2.15. The van der Waals surface area contributed by atoms with E-state index >= 15 is 0 Å². The normalized spacial score (nSPS) is 11.5. The second-order valence-corrected chi connectivity index (χ2v) is 8.26. The minimum absolute atomic E-state index is 0.0191. The zero-order chi connectivity index (χ0) is 26.3. The van der Waals surface area contributed by atoms with Crippen molar-refractivity contribution in [3.05, 3.63) is 59.4 Å². The van der Waals surface area contributed by atoms with Crippen LogP contribution >= 0.6 is 0 Å². The van der Waals surface area contributed by atoms with E-state index in [1.54, 1.807) is 23.0 Å². The molecular formula is C25H28F3N3O5. The summed E-state index contributed by atoms with van der Waals surface area (Å²) >= 11 is 0. The molecule has 0 bridgehead atoms. The number of alkyl halides is 3. The van der Waals surface area contributed by atoms with Crippen molar-refractivity contribution in [2.75, 3.05) is 6.61 Å². The molecule has 8 nitrogen and oxygen atoms in total. The fourth-order valence-electron chi connectivity index (χ4n) is 3.35. The van der Waals surface area contributed by atoms with Gasteiger partial charge in [0.2, 0.25) is 11.8 Å². The number of hydrogen-bond acceptors (Lipinski definition) is 6. The predicted molar refractivity (Wildman–Crippen MR) is 125 cm³/mol. The highest BCUT2D eigenvalue weighted by molar-refractivity contribution is 5.70. The van der Waals surface area contributed by atoms with Crippen molar-refractivity contribution >= 4 is 5.97 Å². The van der Waals surface area contributed by atoms with Crippen LogP contribution in [0.5, 0.6) is 23.3 Å². The van der Waals surface area contributed by atoms with Crippen LogP contribution in [0.25, 0.3) is 0 Å². The molecule has 2 heterocycles. The van der Waals surface area contributed by atoms with E-state index in [1.807, 2.05) is 26.8 Å². The van der Waals surface area contributed by atoms with Crippen LogP contribution in [0.3, 0.4) is 0 Å². The minimum atomic E-state index is -4.49. The van der Waals surface area contributed by atoms with Crippen LogP contribution in [0.4, 0.5) is 13.2 Å². The molecule has 0 unspecified atom stereocenters. The lowest BCUT2D eigenvalue weighted by Crippen LogP contribution is -2.07. The van der Waals surface area contributed by atoms with E-state index in [9.17, 15) is 18.0 Å². The van der Waals surface area contributed by atoms with Gasteiger partial charge in [-0.15, -0.1) is 5.10 Å². The number of aromatic nitrogens is 3. The summed E-state index contributed by atoms with van der Waals surface area (Å²) in [7, 11) is 0. The molecule has 194 valence electrons. The number of rotatable bonds is 12. The Kier molecular flexibility index (Phi) is 8.78. The lowest BCUT2D eigenvalue weighted by atomic mass is 10.1. The van der Waals surface area contributed by atoms with Gasteiger partial charge < -0.3 is 19.3 Å². The number of pyridine rings is 1. The number of benzene rings is 1. The first-order chi connectivity index (χ1) is 17.0. The number of nitrogens with zero attached hydrogens (tertiary/aromatic N) is 3. The Morgan fingerprint density at radius 1 is 1.17 bits per heavy atom. The van der Waals surface area contributed by atoms with Crippen molar-refractivity contribution in [3.8, 4) is 23.3 Å². The summed E-state index contributed by atoms with van der Waals surface area (Å²) in [6, 6.07) is 7.35. The van der Waals surface area contributed by atoms with Crippen molar-refractivity contribution in [1.29, 1.82) is 0 Å². The minimum Gasteiger partial charge on any atom is -0.491 e. The fraction of sp³-hybridized carbons (Fsp3) is 0.400. The smallest absolute Gasteiger partial charge is 0.417 e. The van der Waals surface area contributed by atoms with Crippen LogP contribution in [0.1, 0.15) is 43.9 Å². The topological polar surface area (TPSA) is 95.7 Å². The Morgan fingerprint density at radius 3 is 2.56 bits per heavy atom. The Balaban J connectivity index is 1.70. The van der Waals surface area contributed by atoms with Crippen LogP contribution in [0, 0.1) is 0 Å². The standard InChI is InChI=1S/C25H28F3N3O5/c1-4-31-15-18(12-23(32)33)24(30-31)34-11-5-6-17-7-9-20(35-16(2)3)13-21(17)36-22-10-8-19(14-29-22)25(26,27)28/h7-10,13-16H,4-6,11-12H2,1-3H3,(H,32,33). The maximum absolute atomic E-state index is 12.8. The third-order valence-electron chi connectivity index (χ3n) is 4.98. The third-order valence-corrected chi connectivity index (χ3v) is 4.98. The molecule has 1 N–H and O–H groups in total. The van der Waals surface area contributed by atoms with Crippen LogP contribution < -0.4 is 14.2 Å². The lowest BCUT2D eigenvalue weighted by molar-refractivity contribution is -0.138. The number of carboxylic acid groups (broad SMARTS) is 1. The molecule has 0 saturated heterocycles. The average molecular weight is 508 g/mol. The summed E-state index contributed by atoms with van der Waals surface area (Å²) < 4.78 is 57.4. The largest absolute Gasteiger partial charge is 0.491 e. The third kappa shape index (κ3) is 7.62. The fourth-order valence-corrected chi connectivity index (χ4v) is 3.35. The molecule has 0 radical (unpaired) electrons. The van der Waals surface area contributed by atoms with Crippen molar-refractivity contribution in [3.63, 3.8) is 0 Å². The second kappa shape index (κ2) is 11.8. The summed E-state index contributed by atoms with van der Waals surface area (Å²) in [6.45, 7) is 6.50. The monoisotopic (exact) mass is 507 g/mol. The molecule has 3 aromatic rings. The van der Waals surface area contributed by atoms with Gasteiger partial charge in [0.25, 0.3) is 0 Å². The van der Waals surface area contributed by atoms with Crippen LogP contribution in [0.2, 0.25) is 0 Å². The molecule has 0 saturated carbocycles. The van der Waals surface area contributed by atoms with E-state index in [-0.39, 0.29) is 30.9 Å². The van der Waals surface area contributed by atoms with Gasteiger partial charge in [0.15, 0.2) is 0 Å². The Bertz CT molecular complexity index is 1160. The summed E-state index contributed by atoms with van der Waals surface area (Å²) in [6.07, 6.45) is -1.32. The van der Waals surface area contributed by atoms with E-state index < -0.39 is 17.7 Å². The molecule has 1 aromatic carbocycles. The molecular weight excluding hydrogens is 479 g/mol. The van der Waals surface area contributed by atoms with E-state index in [0.717, 1.165) is 17.8 Å². The highest BCUT2D eigenvalue weighted by atomic mass is 19.4. The highest BCUT2D eigenvalue weighted by Crippen LogP contribution is 2.33. The Morgan fingerprint density at radius 2 is 1.94 bits per heavy atom. The van der Waals surface area contributed by atoms with Gasteiger partial charge in [-0.3, -0.25) is 9.48 Å². The maximum Gasteiger partial charge on any atom is 0.417 e. The molecule has 2 aromatic heterocycles. The Hall–Kier alpha value is -3.76. The van der Waals surface area contributed by atoms with Gasteiger partial charge in [0.05, 0.1) is 24.7 Å². The SMILES string of the molecule is CCn1cc(CC(=O)O)c(OCCCc2ccc(OC(C)C)cc2Oc2ccc(C(F)(F)F)cn2)n1. The molecule has 0 aliphatic heterocycles. The number of aliphatic carboxylic acids is 1. The second-order valence-electron chi connectivity index (χ2n) is 8.26. The number of halogens is 3. The molecule has 0 fully saturated rings. The highest BCUT2D eigenvalue weighted by Gasteiger charge is 2.30. The molecule has 0 spiro atoms. The first kappa shape index (κ1) is 26.8. The van der Waals surface area contributed by atoms with Gasteiger partial charge in [-0.25, -0.2) is 4.98 Å². The molecule has 0 aliphatic rings. The van der Waals surface area contributed by atoms with Gasteiger partial charge in [-0.2, -0.15) is 13.2 Å². The summed E-state index contributed by atoms with van der Waals surface area (Å²) in [4.78, 5) is 14.9. The van der Waals surface area contributed by atoms with Gasteiger partial charge >= 0.3 is 12.1 Å². The summed E-state index contributed by atoms with van der Waals surface area (Å²) in [5, 5.41) is 13.4. The number of carbonyl (C=O) groups is 1. The quantitative estimate of drug-likeness (QED) is 0.322. The van der Waals surface area contributed by atoms with Gasteiger partial charge in [0.1, 0.15) is 11.5 Å². The molecule has 0 atom stereocenters. The zero-order valence-corrected chi connectivity index (χ0v) is 20.2. The number of ether oxygens (including phenoxy) is 3. The molecule has 3 rings (SSSR count). The van der Waals surface area contributed by atoms with E-state index in [4.69, 9.17) is 19.3 Å². The summed E-state index contributed by atoms with van der Waals surface area (Å²) in [5.41, 5.74) is 0.412. The van der Waals surface area contributed by atoms with Crippen molar-refractivity contribution in [2.24, 2.45) is 0 Å². The molecule has 11 heteroatoms. The molecule has 36 heavy (non-hydrogen) atoms. The molecule has 0 aliphatic carbocycles. The van der Waals surface area contributed by atoms with Crippen molar-refractivity contribution in [1.82, 2.24) is 14.8 Å². The first-order valence-corrected chi connectivity index (χ1v) is 11.5. The number of aryl methyl sites for hydroxylation is 2. The van der Waals surface area contributed by atoms with E-state index in [1.165, 1.54) is 6.07 Å². The molecule has 0 amide bonds. The van der Waals surface area contributed by atoms with Crippen LogP contribution in [-0.2, 0) is 30.4 Å². The van der Waals surface area contributed by atoms with Crippen LogP contribution in [0.15, 0.2) is 42.7 Å². The van der Waals surface area contributed by atoms with E-state index in [2.05, 4.69) is 10.1 Å². The predicted octanol–water partition coefficient (Wildman–Crippen LogP) is 5.54. The number of hydrogen-bond donors (Lipinski definition) is 1. The Labute approximate surface area is 206 Å². The summed E-state index contributed by atoms with van der Waals surface area (Å²) in [5.74, 6) is 0.284. The van der Waals surface area contributed by atoms with Crippen molar-refractivity contribution < 1.29 is 37.3 Å². The zero-order valence-electron chi connectivity index (χ0n) is 20.2. The van der Waals surface area contributed by atoms with Crippen LogP contribution in [-0.4, -0.2) is 38.6 Å².